The van der Waals surface area contributed by atoms with Crippen molar-refractivity contribution in [2.24, 2.45) is 0 Å². The Kier molecular flexibility index (Phi) is 6.74. The summed E-state index contributed by atoms with van der Waals surface area (Å²) in [5.74, 6) is 0.429. The molecular weight excluding hydrogens is 293 g/mol. The van der Waals surface area contributed by atoms with E-state index < -0.39 is 12.4 Å². The molecule has 0 aliphatic carbocycles. The van der Waals surface area contributed by atoms with Crippen molar-refractivity contribution in [3.8, 4) is 5.75 Å². The van der Waals surface area contributed by atoms with Gasteiger partial charge in [-0.2, -0.15) is 0 Å². The van der Waals surface area contributed by atoms with Gasteiger partial charge in [0.2, 0.25) is 0 Å². The Balaban J connectivity index is 0.00000200. The molecule has 0 radical (unpaired) electrons. The molecule has 2 nitrogen and oxygen atoms in total. The van der Waals surface area contributed by atoms with E-state index in [1.165, 1.54) is 19.1 Å². The van der Waals surface area contributed by atoms with E-state index >= 15 is 0 Å². The number of benzene rings is 1. The number of aryl methyl sites for hydroxylation is 1. The SMILES string of the molecule is Cc1cc(OCc2ccncc2)ccc1[B-](F)(F)F.[K+]. The molecule has 0 atom stereocenters. The maximum absolute atomic E-state index is 12.6. The average molecular weight is 305 g/mol. The fourth-order valence-corrected chi connectivity index (χ4v) is 1.75. The van der Waals surface area contributed by atoms with Crippen LogP contribution in [0.25, 0.3) is 0 Å². The Morgan fingerprint density at radius 2 is 1.75 bits per heavy atom. The van der Waals surface area contributed by atoms with Crippen LogP contribution in [0.3, 0.4) is 0 Å². The fourth-order valence-electron chi connectivity index (χ4n) is 1.75. The number of hydrogen-bond acceptors (Lipinski definition) is 2. The van der Waals surface area contributed by atoms with Crippen LogP contribution < -0.4 is 61.6 Å². The van der Waals surface area contributed by atoms with Gasteiger partial charge in [0.05, 0.1) is 0 Å². The monoisotopic (exact) mass is 305 g/mol. The number of ether oxygens (including phenoxy) is 1. The molecule has 0 saturated carbocycles. The summed E-state index contributed by atoms with van der Waals surface area (Å²) in [5, 5.41) is 0. The third kappa shape index (κ3) is 4.89. The predicted molar refractivity (Wildman–Crippen MR) is 68.5 cm³/mol. The number of hydrogen-bond donors (Lipinski definition) is 0. The first-order valence-electron chi connectivity index (χ1n) is 5.79. The van der Waals surface area contributed by atoms with Crippen LogP contribution in [0.2, 0.25) is 0 Å². The van der Waals surface area contributed by atoms with Crippen LogP contribution in [-0.4, -0.2) is 12.0 Å². The van der Waals surface area contributed by atoms with E-state index in [2.05, 4.69) is 4.98 Å². The zero-order valence-electron chi connectivity index (χ0n) is 11.3. The summed E-state index contributed by atoms with van der Waals surface area (Å²) in [6.45, 7) is -3.23. The zero-order chi connectivity index (χ0) is 13.9. The van der Waals surface area contributed by atoms with Gasteiger partial charge in [-0.05, 0) is 36.8 Å². The minimum Gasteiger partial charge on any atom is -0.489 e. The van der Waals surface area contributed by atoms with Gasteiger partial charge in [-0.3, -0.25) is 4.98 Å². The van der Waals surface area contributed by atoms with Crippen LogP contribution in [0.15, 0.2) is 42.7 Å². The molecule has 1 aromatic carbocycles. The van der Waals surface area contributed by atoms with E-state index in [0.717, 1.165) is 11.6 Å². The molecule has 0 bridgehead atoms. The maximum Gasteiger partial charge on any atom is 1.00 e. The van der Waals surface area contributed by atoms with Crippen molar-refractivity contribution in [3.63, 3.8) is 0 Å². The molecule has 1 aromatic heterocycles. The van der Waals surface area contributed by atoms with Gasteiger partial charge in [0.25, 0.3) is 0 Å². The van der Waals surface area contributed by atoms with E-state index in [-0.39, 0.29) is 56.9 Å². The van der Waals surface area contributed by atoms with Crippen LogP contribution in [0.5, 0.6) is 5.75 Å². The molecule has 2 rings (SSSR count). The summed E-state index contributed by atoms with van der Waals surface area (Å²) in [5.41, 5.74) is 0.521. The Morgan fingerprint density at radius 1 is 1.10 bits per heavy atom. The summed E-state index contributed by atoms with van der Waals surface area (Å²) < 4.78 is 43.4. The molecule has 7 heteroatoms. The molecule has 0 N–H and O–H groups in total. The van der Waals surface area contributed by atoms with Gasteiger partial charge in [0.1, 0.15) is 12.4 Å². The second-order valence-corrected chi connectivity index (χ2v) is 4.24. The molecule has 0 fully saturated rings. The molecule has 2 aromatic rings. The molecule has 20 heavy (non-hydrogen) atoms. The Labute approximate surface area is 158 Å². The van der Waals surface area contributed by atoms with Crippen LogP contribution in [0, 0.1) is 6.92 Å². The van der Waals surface area contributed by atoms with Crippen LogP contribution >= 0.6 is 0 Å². The van der Waals surface area contributed by atoms with Crippen molar-refractivity contribution in [1.82, 2.24) is 4.98 Å². The third-order valence-corrected chi connectivity index (χ3v) is 2.75. The van der Waals surface area contributed by atoms with Gasteiger partial charge >= 0.3 is 58.4 Å². The standard InChI is InChI=1S/C13H12BF3NO.K/c1-10-8-12(2-3-13(10)14(15,16)17)19-9-11-4-6-18-7-5-11;/h2-8H,9H2,1H3;/q-1;+1. The summed E-state index contributed by atoms with van der Waals surface area (Å²) in [6.07, 6.45) is 3.28. The first kappa shape index (κ1) is 17.7. The Morgan fingerprint density at radius 3 is 2.30 bits per heavy atom. The van der Waals surface area contributed by atoms with Crippen molar-refractivity contribution in [2.45, 2.75) is 13.5 Å². The van der Waals surface area contributed by atoms with Crippen molar-refractivity contribution >= 4 is 12.4 Å². The van der Waals surface area contributed by atoms with Gasteiger partial charge in [-0.25, -0.2) is 0 Å². The second-order valence-electron chi connectivity index (χ2n) is 4.24. The number of aromatic nitrogens is 1. The third-order valence-electron chi connectivity index (χ3n) is 2.75. The largest absolute Gasteiger partial charge is 1.00 e. The van der Waals surface area contributed by atoms with Crippen molar-refractivity contribution in [1.29, 1.82) is 0 Å². The van der Waals surface area contributed by atoms with Gasteiger partial charge < -0.3 is 17.7 Å². The smallest absolute Gasteiger partial charge is 0.489 e. The predicted octanol–water partition coefficient (Wildman–Crippen LogP) is 0.0274. The topological polar surface area (TPSA) is 22.1 Å². The summed E-state index contributed by atoms with van der Waals surface area (Å²) in [6, 6.07) is 7.40. The molecule has 100 valence electrons. The Hall–Kier alpha value is -0.339. The Bertz CT molecular complexity index is 563. The van der Waals surface area contributed by atoms with Crippen molar-refractivity contribution < 1.29 is 69.1 Å². The number of pyridine rings is 1. The second kappa shape index (κ2) is 7.61. The van der Waals surface area contributed by atoms with Crippen LogP contribution in [0.1, 0.15) is 11.1 Å². The van der Waals surface area contributed by atoms with E-state index in [1.807, 2.05) is 0 Å². The van der Waals surface area contributed by atoms with Crippen LogP contribution in [-0.2, 0) is 6.61 Å². The molecule has 1 heterocycles. The quantitative estimate of drug-likeness (QED) is 0.744. The normalized spacial score (nSPS) is 10.8. The number of nitrogens with zero attached hydrogens (tertiary/aromatic N) is 1. The minimum absolute atomic E-state index is 0. The van der Waals surface area contributed by atoms with Gasteiger partial charge in [-0.1, -0.05) is 11.6 Å². The number of halogens is 3. The molecule has 0 unspecified atom stereocenters. The molecule has 0 aliphatic heterocycles. The van der Waals surface area contributed by atoms with Gasteiger partial charge in [-0.15, -0.1) is 5.46 Å². The minimum atomic E-state index is -4.97. The maximum atomic E-state index is 12.6. The van der Waals surface area contributed by atoms with E-state index in [9.17, 15) is 12.9 Å². The van der Waals surface area contributed by atoms with Gasteiger partial charge in [0.15, 0.2) is 0 Å². The van der Waals surface area contributed by atoms with Gasteiger partial charge in [0, 0.05) is 12.4 Å². The summed E-state index contributed by atoms with van der Waals surface area (Å²) in [4.78, 5) is 3.87. The fraction of sp³-hybridized carbons (Fsp3) is 0.154. The zero-order valence-corrected chi connectivity index (χ0v) is 14.4. The first-order chi connectivity index (χ1) is 8.97. The summed E-state index contributed by atoms with van der Waals surface area (Å²) >= 11 is 0. The summed E-state index contributed by atoms with van der Waals surface area (Å²) in [7, 11) is 0. The van der Waals surface area contributed by atoms with Crippen LogP contribution in [0.4, 0.5) is 12.9 Å². The molecule has 0 saturated heterocycles. The van der Waals surface area contributed by atoms with Crippen molar-refractivity contribution in [3.05, 3.63) is 53.9 Å². The van der Waals surface area contributed by atoms with E-state index in [0.29, 0.717) is 12.4 Å². The average Bonchev–Trinajstić information content (AvgIpc) is 2.36. The van der Waals surface area contributed by atoms with E-state index in [1.54, 1.807) is 24.5 Å². The molecular formula is C13H12BF3KNO. The molecule has 0 amide bonds. The first-order valence-corrected chi connectivity index (χ1v) is 5.79. The van der Waals surface area contributed by atoms with Crippen molar-refractivity contribution in [2.75, 3.05) is 0 Å². The van der Waals surface area contributed by atoms with E-state index in [4.69, 9.17) is 4.74 Å². The molecule has 0 aliphatic rings. The number of rotatable bonds is 4. The molecule has 0 spiro atoms.